The molecule has 0 aliphatic carbocycles. The number of hydrogen-bond donors (Lipinski definition) is 1. The van der Waals surface area contributed by atoms with E-state index in [-0.39, 0.29) is 23.8 Å². The molecule has 0 saturated carbocycles. The van der Waals surface area contributed by atoms with Gasteiger partial charge in [0.15, 0.2) is 16.6 Å². The van der Waals surface area contributed by atoms with Gasteiger partial charge in [0.25, 0.3) is 5.56 Å². The lowest BCUT2D eigenvalue weighted by Crippen LogP contribution is -2.34. The fourth-order valence-electron chi connectivity index (χ4n) is 3.62. The van der Waals surface area contributed by atoms with Crippen LogP contribution in [0, 0.1) is 5.92 Å². The number of fused-ring (bicyclic) bond motifs is 1. The van der Waals surface area contributed by atoms with Gasteiger partial charge < -0.3 is 10.2 Å². The van der Waals surface area contributed by atoms with Crippen LogP contribution in [0.1, 0.15) is 37.0 Å². The topological polar surface area (TPSA) is 97.2 Å². The van der Waals surface area contributed by atoms with Gasteiger partial charge in [-0.1, -0.05) is 30.4 Å². The van der Waals surface area contributed by atoms with Gasteiger partial charge in [0.05, 0.1) is 0 Å². The maximum Gasteiger partial charge on any atom is 0.273 e. The molecule has 9 heteroatoms. The average molecular weight is 426 g/mol. The molecule has 1 aromatic carbocycles. The second-order valence-electron chi connectivity index (χ2n) is 7.71. The first-order valence-corrected chi connectivity index (χ1v) is 10.7. The molecule has 3 aromatic rings. The number of Topliss-reactive ketones (excluding diaryl/α,β-unsaturated/α-hetero) is 1. The first-order valence-electron chi connectivity index (χ1n) is 9.92. The third-order valence-corrected chi connectivity index (χ3v) is 6.26. The van der Waals surface area contributed by atoms with Crippen LogP contribution < -0.4 is 15.8 Å². The smallest absolute Gasteiger partial charge is 0.273 e. The Morgan fingerprint density at radius 1 is 1.33 bits per heavy atom. The number of rotatable bonds is 5. The lowest BCUT2D eigenvalue weighted by atomic mass is 10.0. The van der Waals surface area contributed by atoms with Gasteiger partial charge in [0.1, 0.15) is 17.6 Å². The summed E-state index contributed by atoms with van der Waals surface area (Å²) in [6.45, 7) is 5.38. The molecule has 1 amide bonds. The predicted molar refractivity (Wildman–Crippen MR) is 117 cm³/mol. The summed E-state index contributed by atoms with van der Waals surface area (Å²) in [7, 11) is 0. The van der Waals surface area contributed by atoms with Crippen LogP contribution in [0.15, 0.2) is 35.4 Å². The minimum absolute atomic E-state index is 0.0823. The highest BCUT2D eigenvalue weighted by atomic mass is 32.1. The van der Waals surface area contributed by atoms with E-state index in [1.165, 1.54) is 35.6 Å². The van der Waals surface area contributed by atoms with Gasteiger partial charge in [-0.25, -0.2) is 4.98 Å². The number of nitrogens with zero attached hydrogens (tertiary/aromatic N) is 4. The maximum atomic E-state index is 12.9. The molecule has 1 aliphatic rings. The number of carbonyl (C=O) groups excluding carboxylic acids is 2. The van der Waals surface area contributed by atoms with Crippen LogP contribution >= 0.6 is 11.3 Å². The fourth-order valence-corrected chi connectivity index (χ4v) is 4.62. The molecule has 1 fully saturated rings. The lowest BCUT2D eigenvalue weighted by molar-refractivity contribution is -0.116. The zero-order valence-corrected chi connectivity index (χ0v) is 17.7. The van der Waals surface area contributed by atoms with E-state index in [1.54, 1.807) is 24.3 Å². The fraction of sp³-hybridized carbons (Fsp3) is 0.381. The van der Waals surface area contributed by atoms with Crippen molar-refractivity contribution in [2.45, 2.75) is 33.2 Å². The predicted octanol–water partition coefficient (Wildman–Crippen LogP) is 2.93. The third kappa shape index (κ3) is 4.25. The second kappa shape index (κ2) is 8.35. The molecule has 0 unspecified atom stereocenters. The molecule has 0 bridgehead atoms. The number of anilines is 2. The highest BCUT2D eigenvalue weighted by Crippen LogP contribution is 2.29. The van der Waals surface area contributed by atoms with Crippen molar-refractivity contribution in [2.75, 3.05) is 23.3 Å². The third-order valence-electron chi connectivity index (χ3n) is 5.17. The van der Waals surface area contributed by atoms with Crippen LogP contribution in [0.4, 0.5) is 10.8 Å². The zero-order chi connectivity index (χ0) is 21.3. The molecule has 0 radical (unpaired) electrons. The number of thiazole rings is 1. The summed E-state index contributed by atoms with van der Waals surface area (Å²) < 4.78 is 1.74. The largest absolute Gasteiger partial charge is 0.348 e. The van der Waals surface area contributed by atoms with E-state index in [0.717, 1.165) is 24.6 Å². The van der Waals surface area contributed by atoms with Gasteiger partial charge in [-0.2, -0.15) is 4.98 Å². The molecule has 156 valence electrons. The quantitative estimate of drug-likeness (QED) is 0.632. The van der Waals surface area contributed by atoms with Crippen molar-refractivity contribution in [3.63, 3.8) is 0 Å². The number of benzene rings is 1. The molecule has 30 heavy (non-hydrogen) atoms. The molecule has 2 aromatic heterocycles. The number of piperidine rings is 1. The molecule has 3 heterocycles. The van der Waals surface area contributed by atoms with Gasteiger partial charge in [-0.05, 0) is 37.8 Å². The van der Waals surface area contributed by atoms with Gasteiger partial charge in [-0.15, -0.1) is 0 Å². The first-order chi connectivity index (χ1) is 14.4. The number of nitrogens with one attached hydrogen (secondary N) is 1. The van der Waals surface area contributed by atoms with Crippen LogP contribution in [0.5, 0.6) is 0 Å². The van der Waals surface area contributed by atoms with Crippen molar-refractivity contribution in [1.82, 2.24) is 14.5 Å². The van der Waals surface area contributed by atoms with Crippen molar-refractivity contribution in [1.29, 1.82) is 0 Å². The number of hydrogen-bond acceptors (Lipinski definition) is 7. The van der Waals surface area contributed by atoms with Crippen molar-refractivity contribution in [3.05, 3.63) is 46.5 Å². The monoisotopic (exact) mass is 425 g/mol. The van der Waals surface area contributed by atoms with Crippen LogP contribution in [0.25, 0.3) is 10.3 Å². The summed E-state index contributed by atoms with van der Waals surface area (Å²) in [6.07, 6.45) is 3.68. The Balaban J connectivity index is 1.52. The van der Waals surface area contributed by atoms with Gasteiger partial charge >= 0.3 is 0 Å². The minimum atomic E-state index is -0.367. The SMILES string of the molecule is CC(=O)c1cccc(NC(=O)Cn2cnc3nc(N4CCC[C@H](C)C4)sc3c2=O)c1. The summed E-state index contributed by atoms with van der Waals surface area (Å²) in [5, 5.41) is 3.53. The van der Waals surface area contributed by atoms with Crippen molar-refractivity contribution in [3.8, 4) is 0 Å². The van der Waals surface area contributed by atoms with E-state index in [0.29, 0.717) is 27.5 Å². The standard InChI is InChI=1S/C21H23N5O3S/c1-13-5-4-8-25(10-13)21-24-19-18(30-21)20(29)26(12-22-19)11-17(28)23-16-7-3-6-15(9-16)14(2)27/h3,6-7,9,12-13H,4-5,8,10-11H2,1-2H3,(H,23,28)/t13-/m0/s1. The molecular formula is C21H23N5O3S. The number of carbonyl (C=O) groups is 2. The number of amides is 1. The molecule has 1 aliphatic heterocycles. The molecule has 8 nitrogen and oxygen atoms in total. The average Bonchev–Trinajstić information content (AvgIpc) is 3.15. The number of aromatic nitrogens is 3. The van der Waals surface area contributed by atoms with Crippen LogP contribution in [-0.2, 0) is 11.3 Å². The Kier molecular flexibility index (Phi) is 5.63. The van der Waals surface area contributed by atoms with Crippen LogP contribution in [0.2, 0.25) is 0 Å². The van der Waals surface area contributed by atoms with Gasteiger partial charge in [0, 0.05) is 24.3 Å². The van der Waals surface area contributed by atoms with Crippen LogP contribution in [0.3, 0.4) is 0 Å². The summed E-state index contributed by atoms with van der Waals surface area (Å²) in [5.74, 6) is 0.148. The normalized spacial score (nSPS) is 16.6. The summed E-state index contributed by atoms with van der Waals surface area (Å²) in [5.41, 5.74) is 1.16. The first kappa shape index (κ1) is 20.2. The Morgan fingerprint density at radius 2 is 2.17 bits per heavy atom. The van der Waals surface area contributed by atoms with E-state index in [4.69, 9.17) is 0 Å². The van der Waals surface area contributed by atoms with E-state index in [1.807, 2.05) is 0 Å². The van der Waals surface area contributed by atoms with E-state index >= 15 is 0 Å². The maximum absolute atomic E-state index is 12.9. The summed E-state index contributed by atoms with van der Waals surface area (Å²) in [4.78, 5) is 47.8. The molecular weight excluding hydrogens is 402 g/mol. The molecule has 1 N–H and O–H groups in total. The van der Waals surface area contributed by atoms with E-state index < -0.39 is 0 Å². The van der Waals surface area contributed by atoms with Crippen molar-refractivity contribution in [2.24, 2.45) is 5.92 Å². The Morgan fingerprint density at radius 3 is 2.93 bits per heavy atom. The Hall–Kier alpha value is -3.07. The number of ketones is 1. The van der Waals surface area contributed by atoms with Crippen LogP contribution in [-0.4, -0.2) is 39.3 Å². The molecule has 1 atom stereocenters. The van der Waals surface area contributed by atoms with E-state index in [9.17, 15) is 14.4 Å². The second-order valence-corrected chi connectivity index (χ2v) is 8.68. The zero-order valence-electron chi connectivity index (χ0n) is 16.9. The van der Waals surface area contributed by atoms with Crippen molar-refractivity contribution >= 4 is 44.2 Å². The Bertz CT molecular complexity index is 1170. The summed E-state index contributed by atoms with van der Waals surface area (Å²) >= 11 is 1.33. The van der Waals surface area contributed by atoms with E-state index in [2.05, 4.69) is 27.1 Å². The summed E-state index contributed by atoms with van der Waals surface area (Å²) in [6, 6.07) is 6.69. The highest BCUT2D eigenvalue weighted by Gasteiger charge is 2.21. The molecule has 0 spiro atoms. The van der Waals surface area contributed by atoms with Gasteiger partial charge in [-0.3, -0.25) is 19.0 Å². The lowest BCUT2D eigenvalue weighted by Gasteiger charge is -2.30. The van der Waals surface area contributed by atoms with Gasteiger partial charge in [0.2, 0.25) is 5.91 Å². The van der Waals surface area contributed by atoms with Crippen molar-refractivity contribution < 1.29 is 9.59 Å². The Labute approximate surface area is 177 Å². The minimum Gasteiger partial charge on any atom is -0.348 e. The molecule has 4 rings (SSSR count). The highest BCUT2D eigenvalue weighted by molar-refractivity contribution is 7.22. The molecule has 1 saturated heterocycles.